The predicted octanol–water partition coefficient (Wildman–Crippen LogP) is 2.91. The van der Waals surface area contributed by atoms with Gasteiger partial charge in [-0.05, 0) is 12.3 Å². The van der Waals surface area contributed by atoms with E-state index in [2.05, 4.69) is 29.4 Å². The molecular formula is C12H21N3O. The van der Waals surface area contributed by atoms with Crippen molar-refractivity contribution in [2.45, 2.75) is 47.0 Å². The van der Waals surface area contributed by atoms with Gasteiger partial charge in [-0.15, -0.1) is 0 Å². The molecule has 0 fully saturated rings. The molecule has 0 aliphatic heterocycles. The third-order valence-electron chi connectivity index (χ3n) is 2.96. The highest BCUT2D eigenvalue weighted by atomic mass is 16.2. The van der Waals surface area contributed by atoms with Crippen LogP contribution in [-0.4, -0.2) is 16.1 Å². The summed E-state index contributed by atoms with van der Waals surface area (Å²) in [6.45, 7) is 10.0. The van der Waals surface area contributed by atoms with Crippen LogP contribution in [0.25, 0.3) is 0 Å². The van der Waals surface area contributed by atoms with Gasteiger partial charge in [0, 0.05) is 17.2 Å². The minimum absolute atomic E-state index is 0.0109. The Bertz CT molecular complexity index is 366. The zero-order chi connectivity index (χ0) is 12.3. The van der Waals surface area contributed by atoms with Crippen molar-refractivity contribution >= 4 is 11.7 Å². The summed E-state index contributed by atoms with van der Waals surface area (Å²) in [4.78, 5) is 11.9. The molecule has 1 heterocycles. The van der Waals surface area contributed by atoms with Gasteiger partial charge in [-0.2, -0.15) is 5.10 Å². The van der Waals surface area contributed by atoms with E-state index < -0.39 is 0 Å². The summed E-state index contributed by atoms with van der Waals surface area (Å²) in [5.41, 5.74) is 0.682. The van der Waals surface area contributed by atoms with Gasteiger partial charge >= 0.3 is 0 Å². The maximum absolute atomic E-state index is 11.9. The number of nitrogens with zero attached hydrogens (tertiary/aromatic N) is 1. The minimum atomic E-state index is -0.350. The standard InChI is InChI=1S/C12H21N3O/c1-6-12(4,5)11(16)13-10-7-9(8(2)3)14-15-10/h7-8H,6H2,1-5H3,(H2,13,14,15,16). The number of carbonyl (C=O) groups excluding carboxylic acids is 1. The first-order valence-corrected chi connectivity index (χ1v) is 5.73. The molecule has 0 aromatic carbocycles. The highest BCUT2D eigenvalue weighted by Gasteiger charge is 2.25. The summed E-state index contributed by atoms with van der Waals surface area (Å²) >= 11 is 0. The molecule has 0 saturated carbocycles. The average Bonchev–Trinajstić information content (AvgIpc) is 2.66. The third-order valence-corrected chi connectivity index (χ3v) is 2.96. The highest BCUT2D eigenvalue weighted by Crippen LogP contribution is 2.22. The van der Waals surface area contributed by atoms with E-state index in [4.69, 9.17) is 0 Å². The number of rotatable bonds is 4. The number of amides is 1. The van der Waals surface area contributed by atoms with Gasteiger partial charge in [0.15, 0.2) is 5.82 Å². The van der Waals surface area contributed by atoms with Crippen LogP contribution in [0.4, 0.5) is 5.82 Å². The topological polar surface area (TPSA) is 57.8 Å². The number of hydrogen-bond donors (Lipinski definition) is 2. The van der Waals surface area contributed by atoms with E-state index in [1.807, 2.05) is 26.8 Å². The second-order valence-corrected chi connectivity index (χ2v) is 5.05. The Balaban J connectivity index is 2.70. The molecule has 0 spiro atoms. The SMILES string of the molecule is CCC(C)(C)C(=O)Nc1cc(C(C)C)[nH]n1. The highest BCUT2D eigenvalue weighted by molar-refractivity contribution is 5.93. The van der Waals surface area contributed by atoms with E-state index in [1.54, 1.807) is 0 Å². The Morgan fingerprint density at radius 2 is 2.19 bits per heavy atom. The fraction of sp³-hybridized carbons (Fsp3) is 0.667. The predicted molar refractivity (Wildman–Crippen MR) is 65.4 cm³/mol. The van der Waals surface area contributed by atoms with E-state index in [-0.39, 0.29) is 11.3 Å². The van der Waals surface area contributed by atoms with Crippen LogP contribution in [-0.2, 0) is 4.79 Å². The maximum Gasteiger partial charge on any atom is 0.231 e. The van der Waals surface area contributed by atoms with E-state index in [0.717, 1.165) is 12.1 Å². The van der Waals surface area contributed by atoms with Gasteiger partial charge in [-0.3, -0.25) is 9.89 Å². The molecular weight excluding hydrogens is 202 g/mol. The van der Waals surface area contributed by atoms with Crippen molar-refractivity contribution in [2.24, 2.45) is 5.41 Å². The first-order valence-electron chi connectivity index (χ1n) is 5.73. The smallest absolute Gasteiger partial charge is 0.231 e. The number of aromatic amines is 1. The molecule has 1 aromatic heterocycles. The molecule has 1 amide bonds. The molecule has 1 aromatic rings. The third kappa shape index (κ3) is 2.84. The van der Waals surface area contributed by atoms with Crippen molar-refractivity contribution in [3.8, 4) is 0 Å². The van der Waals surface area contributed by atoms with Crippen molar-refractivity contribution in [3.05, 3.63) is 11.8 Å². The van der Waals surface area contributed by atoms with Crippen LogP contribution in [0, 0.1) is 5.41 Å². The second kappa shape index (κ2) is 4.68. The van der Waals surface area contributed by atoms with Crippen LogP contribution in [0.2, 0.25) is 0 Å². The first-order chi connectivity index (χ1) is 7.36. The van der Waals surface area contributed by atoms with Gasteiger partial charge < -0.3 is 5.32 Å². The summed E-state index contributed by atoms with van der Waals surface area (Å²) in [5, 5.41) is 9.81. The Labute approximate surface area is 96.8 Å². The maximum atomic E-state index is 11.9. The molecule has 1 rings (SSSR count). The largest absolute Gasteiger partial charge is 0.309 e. The molecule has 0 unspecified atom stereocenters. The van der Waals surface area contributed by atoms with Gasteiger partial charge in [-0.25, -0.2) is 0 Å². The monoisotopic (exact) mass is 223 g/mol. The summed E-state index contributed by atoms with van der Waals surface area (Å²) in [6, 6.07) is 1.88. The van der Waals surface area contributed by atoms with Crippen LogP contribution in [0.3, 0.4) is 0 Å². The van der Waals surface area contributed by atoms with Gasteiger partial charge in [0.25, 0.3) is 0 Å². The zero-order valence-electron chi connectivity index (χ0n) is 10.7. The number of aromatic nitrogens is 2. The fourth-order valence-electron chi connectivity index (χ4n) is 1.14. The summed E-state index contributed by atoms with van der Waals surface area (Å²) < 4.78 is 0. The molecule has 0 radical (unpaired) electrons. The van der Waals surface area contributed by atoms with Crippen LogP contribution >= 0.6 is 0 Å². The van der Waals surface area contributed by atoms with Crippen molar-refractivity contribution in [1.29, 1.82) is 0 Å². The van der Waals surface area contributed by atoms with E-state index >= 15 is 0 Å². The lowest BCUT2D eigenvalue weighted by Gasteiger charge is -2.20. The molecule has 0 aliphatic rings. The Morgan fingerprint density at radius 3 is 2.62 bits per heavy atom. The number of anilines is 1. The number of carbonyl (C=O) groups is 1. The lowest BCUT2D eigenvalue weighted by atomic mass is 9.89. The van der Waals surface area contributed by atoms with E-state index in [9.17, 15) is 4.79 Å². The molecule has 16 heavy (non-hydrogen) atoms. The molecule has 0 aliphatic carbocycles. The molecule has 4 nitrogen and oxygen atoms in total. The number of hydrogen-bond acceptors (Lipinski definition) is 2. The van der Waals surface area contributed by atoms with Gasteiger partial charge in [0.1, 0.15) is 0 Å². The van der Waals surface area contributed by atoms with Crippen molar-refractivity contribution in [1.82, 2.24) is 10.2 Å². The van der Waals surface area contributed by atoms with Crippen LogP contribution < -0.4 is 5.32 Å². The second-order valence-electron chi connectivity index (χ2n) is 5.05. The zero-order valence-corrected chi connectivity index (χ0v) is 10.7. The van der Waals surface area contributed by atoms with Crippen LogP contribution in [0.5, 0.6) is 0 Å². The van der Waals surface area contributed by atoms with Crippen LogP contribution in [0.15, 0.2) is 6.07 Å². The van der Waals surface area contributed by atoms with Crippen molar-refractivity contribution in [3.63, 3.8) is 0 Å². The average molecular weight is 223 g/mol. The molecule has 90 valence electrons. The number of nitrogens with one attached hydrogen (secondary N) is 2. The summed E-state index contributed by atoms with van der Waals surface area (Å²) in [7, 11) is 0. The fourth-order valence-corrected chi connectivity index (χ4v) is 1.14. The van der Waals surface area contributed by atoms with Crippen molar-refractivity contribution < 1.29 is 4.79 Å². The molecule has 2 N–H and O–H groups in total. The quantitative estimate of drug-likeness (QED) is 0.824. The lowest BCUT2D eigenvalue weighted by Crippen LogP contribution is -2.30. The lowest BCUT2D eigenvalue weighted by molar-refractivity contribution is -0.124. The Hall–Kier alpha value is -1.32. The molecule has 4 heteroatoms. The van der Waals surface area contributed by atoms with Gasteiger partial charge in [-0.1, -0.05) is 34.6 Å². The van der Waals surface area contributed by atoms with E-state index in [0.29, 0.717) is 11.7 Å². The molecule has 0 saturated heterocycles. The van der Waals surface area contributed by atoms with Crippen LogP contribution in [0.1, 0.15) is 52.7 Å². The van der Waals surface area contributed by atoms with E-state index in [1.165, 1.54) is 0 Å². The van der Waals surface area contributed by atoms with Crippen molar-refractivity contribution in [2.75, 3.05) is 5.32 Å². The normalized spacial score (nSPS) is 11.9. The van der Waals surface area contributed by atoms with Gasteiger partial charge in [0.2, 0.25) is 5.91 Å². The number of H-pyrrole nitrogens is 1. The summed E-state index contributed by atoms with van der Waals surface area (Å²) in [6.07, 6.45) is 0.806. The molecule has 0 bridgehead atoms. The van der Waals surface area contributed by atoms with Gasteiger partial charge in [0.05, 0.1) is 0 Å². The first kappa shape index (κ1) is 12.7. The summed E-state index contributed by atoms with van der Waals surface area (Å²) in [5.74, 6) is 1.00. The Kier molecular flexibility index (Phi) is 3.73. The minimum Gasteiger partial charge on any atom is -0.309 e. The molecule has 0 atom stereocenters. The Morgan fingerprint density at radius 1 is 1.56 bits per heavy atom.